The number of rotatable bonds is 6. The summed E-state index contributed by atoms with van der Waals surface area (Å²) in [5.41, 5.74) is 3.04. The number of hydrogen-bond donors (Lipinski definition) is 1. The van der Waals surface area contributed by atoms with E-state index in [9.17, 15) is 14.7 Å². The minimum Gasteiger partial charge on any atom is -0.387 e. The normalized spacial score (nSPS) is 32.0. The van der Waals surface area contributed by atoms with Crippen molar-refractivity contribution in [1.82, 2.24) is 14.7 Å². The lowest BCUT2D eigenvalue weighted by Crippen LogP contribution is -2.49. The molecular formula is C29H38N8O3. The fourth-order valence-corrected chi connectivity index (χ4v) is 7.47. The average molecular weight is 547 g/mol. The van der Waals surface area contributed by atoms with Crippen molar-refractivity contribution in [2.24, 2.45) is 37.0 Å². The maximum atomic E-state index is 13.1. The molecule has 40 heavy (non-hydrogen) atoms. The van der Waals surface area contributed by atoms with Crippen molar-refractivity contribution in [1.29, 1.82) is 0 Å². The summed E-state index contributed by atoms with van der Waals surface area (Å²) in [5, 5.41) is 22.2. The largest absolute Gasteiger partial charge is 0.387 e. The molecule has 1 aromatic rings. The van der Waals surface area contributed by atoms with E-state index in [-0.39, 0.29) is 47.6 Å². The van der Waals surface area contributed by atoms with Crippen molar-refractivity contribution in [3.8, 4) is 0 Å². The lowest BCUT2D eigenvalue weighted by molar-refractivity contribution is -0.139. The van der Waals surface area contributed by atoms with Crippen LogP contribution in [0.2, 0.25) is 0 Å². The molecule has 11 nitrogen and oxygen atoms in total. The lowest BCUT2D eigenvalue weighted by Gasteiger charge is -2.39. The Morgan fingerprint density at radius 2 is 1.95 bits per heavy atom. The molecule has 0 spiro atoms. The number of nitrogens with zero attached hydrogens (tertiary/aromatic N) is 8. The van der Waals surface area contributed by atoms with Crippen molar-refractivity contribution < 1.29 is 14.7 Å². The second-order valence-electron chi connectivity index (χ2n) is 11.6. The third kappa shape index (κ3) is 4.78. The van der Waals surface area contributed by atoms with Gasteiger partial charge in [0.1, 0.15) is 18.2 Å². The number of aliphatic hydroxyl groups excluding tert-OH is 1. The summed E-state index contributed by atoms with van der Waals surface area (Å²) in [5.74, 6) is 1.54. The van der Waals surface area contributed by atoms with Crippen LogP contribution in [0.15, 0.2) is 31.4 Å². The van der Waals surface area contributed by atoms with Crippen molar-refractivity contribution in [3.63, 3.8) is 0 Å². The number of ketones is 1. The summed E-state index contributed by atoms with van der Waals surface area (Å²) in [4.78, 5) is 42.3. The van der Waals surface area contributed by atoms with Gasteiger partial charge < -0.3 is 10.0 Å². The molecule has 1 amide bonds. The Kier molecular flexibility index (Phi) is 7.57. The first-order chi connectivity index (χ1) is 19.5. The van der Waals surface area contributed by atoms with Crippen LogP contribution in [0.25, 0.3) is 0 Å². The lowest BCUT2D eigenvalue weighted by atomic mass is 9.82. The fraction of sp³-hybridized carbons (Fsp3) is 0.655. The fourth-order valence-electron chi connectivity index (χ4n) is 7.47. The van der Waals surface area contributed by atoms with E-state index < -0.39 is 6.61 Å². The van der Waals surface area contributed by atoms with Gasteiger partial charge in [-0.1, -0.05) is 6.92 Å². The highest BCUT2D eigenvalue weighted by Crippen LogP contribution is 2.42. The Labute approximate surface area is 234 Å². The van der Waals surface area contributed by atoms with E-state index in [1.807, 2.05) is 22.0 Å². The first-order valence-electron chi connectivity index (χ1n) is 14.7. The zero-order valence-electron chi connectivity index (χ0n) is 23.2. The van der Waals surface area contributed by atoms with E-state index in [2.05, 4.69) is 23.8 Å². The second-order valence-corrected chi connectivity index (χ2v) is 11.6. The molecule has 0 aliphatic carbocycles. The zero-order valence-corrected chi connectivity index (χ0v) is 23.2. The third-order valence-electron chi connectivity index (χ3n) is 9.43. The first kappa shape index (κ1) is 26.9. The topological polar surface area (TPSA) is 137 Å². The predicted molar refractivity (Wildman–Crippen MR) is 154 cm³/mol. The van der Waals surface area contributed by atoms with E-state index in [4.69, 9.17) is 20.1 Å². The number of fused-ring (bicyclic) bond motifs is 5. The highest BCUT2D eigenvalue weighted by atomic mass is 16.3. The smallest absolute Gasteiger partial charge is 0.248 e. The van der Waals surface area contributed by atoms with Crippen LogP contribution in [-0.2, 0) is 9.59 Å². The molecule has 6 rings (SSSR count). The van der Waals surface area contributed by atoms with Gasteiger partial charge in [0.25, 0.3) is 0 Å². The van der Waals surface area contributed by atoms with E-state index in [0.29, 0.717) is 25.2 Å². The zero-order chi connectivity index (χ0) is 27.8. The van der Waals surface area contributed by atoms with E-state index >= 15 is 0 Å². The molecular weight excluding hydrogens is 508 g/mol. The molecule has 0 aromatic carbocycles. The predicted octanol–water partition coefficient (Wildman–Crippen LogP) is 3.13. The molecule has 1 N–H and O–H groups in total. The van der Waals surface area contributed by atoms with Crippen LogP contribution >= 0.6 is 0 Å². The van der Waals surface area contributed by atoms with Gasteiger partial charge in [0.2, 0.25) is 5.91 Å². The van der Waals surface area contributed by atoms with Gasteiger partial charge in [0.15, 0.2) is 5.82 Å². The van der Waals surface area contributed by atoms with Gasteiger partial charge in [-0.2, -0.15) is 15.3 Å². The van der Waals surface area contributed by atoms with Crippen LogP contribution in [0.4, 0.5) is 5.82 Å². The number of carbonyl (C=O) groups excluding carboxylic acids is 2. The van der Waals surface area contributed by atoms with E-state index in [0.717, 1.165) is 74.2 Å². The number of aromatic nitrogens is 2. The molecule has 11 heteroatoms. The van der Waals surface area contributed by atoms with Gasteiger partial charge in [-0.05, 0) is 57.8 Å². The highest BCUT2D eigenvalue weighted by molar-refractivity contribution is 6.08. The van der Waals surface area contributed by atoms with Crippen LogP contribution in [-0.4, -0.2) is 92.9 Å². The van der Waals surface area contributed by atoms with Gasteiger partial charge in [0.05, 0.1) is 23.9 Å². The van der Waals surface area contributed by atoms with Gasteiger partial charge in [-0.25, -0.2) is 9.67 Å². The van der Waals surface area contributed by atoms with E-state index in [1.165, 1.54) is 0 Å². The average Bonchev–Trinajstić information content (AvgIpc) is 3.49. The Hall–Kier alpha value is -3.34. The number of amides is 1. The Balaban J connectivity index is 1.35. The molecule has 5 unspecified atom stereocenters. The monoisotopic (exact) mass is 546 g/mol. The molecule has 2 saturated heterocycles. The van der Waals surface area contributed by atoms with Crippen molar-refractivity contribution in [2.45, 2.75) is 95.2 Å². The Bertz CT molecular complexity index is 1300. The summed E-state index contributed by atoms with van der Waals surface area (Å²) in [6, 6.07) is 0.280. The number of piperidine rings is 1. The van der Waals surface area contributed by atoms with Gasteiger partial charge in [-0.3, -0.25) is 19.6 Å². The van der Waals surface area contributed by atoms with Crippen LogP contribution in [0.1, 0.15) is 82.6 Å². The van der Waals surface area contributed by atoms with Crippen molar-refractivity contribution in [2.75, 3.05) is 13.2 Å². The first-order valence-corrected chi connectivity index (χ1v) is 14.7. The van der Waals surface area contributed by atoms with Crippen LogP contribution < -0.4 is 0 Å². The minimum absolute atomic E-state index is 0.00945. The molecule has 5 aliphatic heterocycles. The summed E-state index contributed by atoms with van der Waals surface area (Å²) >= 11 is 0. The Morgan fingerprint density at radius 3 is 2.62 bits per heavy atom. The SMILES string of the molecule is C=N/N=C(/CC)C1CCC(c2cnn3c2N=C(C2CC4CCC(C2)N4C(=O)CO)CCC2C(=O)CCN=C23)C=N1. The molecule has 0 saturated carbocycles. The number of Topliss-reactive ketones (excluding diaryl/α,β-unsaturated/α-hetero) is 1. The summed E-state index contributed by atoms with van der Waals surface area (Å²) in [7, 11) is 0. The highest BCUT2D eigenvalue weighted by Gasteiger charge is 2.45. The molecule has 0 radical (unpaired) electrons. The quantitative estimate of drug-likeness (QED) is 0.433. The van der Waals surface area contributed by atoms with Crippen LogP contribution in [0.5, 0.6) is 0 Å². The molecule has 2 fully saturated rings. The van der Waals surface area contributed by atoms with E-state index in [1.54, 1.807) is 0 Å². The Morgan fingerprint density at radius 1 is 1.15 bits per heavy atom. The third-order valence-corrected chi connectivity index (χ3v) is 9.43. The van der Waals surface area contributed by atoms with Crippen LogP contribution in [0.3, 0.4) is 0 Å². The molecule has 5 atom stereocenters. The number of aliphatic hydroxyl groups is 1. The maximum absolute atomic E-state index is 13.1. The standard InChI is InChI=1S/C29H38N8O3/c1-3-23(35-30-2)25-8-4-17(14-32-25)22-15-33-37-28-21(26(39)10-11-31-28)7-9-24(34-29(22)37)18-12-19-5-6-20(13-18)36(19)27(40)16-38/h14-15,17-21,25,38H,2-13,16H2,1H3/b34-24?,35-23-. The second kappa shape index (κ2) is 11.3. The van der Waals surface area contributed by atoms with Gasteiger partial charge >= 0.3 is 0 Å². The summed E-state index contributed by atoms with van der Waals surface area (Å²) in [6.07, 6.45) is 11.9. The van der Waals surface area contributed by atoms with Gasteiger partial charge in [-0.15, -0.1) is 0 Å². The summed E-state index contributed by atoms with van der Waals surface area (Å²) in [6.45, 7) is 5.60. The molecule has 2 bridgehead atoms. The van der Waals surface area contributed by atoms with Crippen molar-refractivity contribution in [3.05, 3.63) is 11.8 Å². The van der Waals surface area contributed by atoms with Gasteiger partial charge in [0, 0.05) is 61.1 Å². The van der Waals surface area contributed by atoms with Crippen molar-refractivity contribution >= 4 is 47.7 Å². The van der Waals surface area contributed by atoms with Crippen LogP contribution in [0, 0.1) is 11.8 Å². The molecule has 212 valence electrons. The molecule has 5 aliphatic rings. The number of aliphatic imine (C=N–C) groups is 3. The maximum Gasteiger partial charge on any atom is 0.248 e. The number of carbonyl (C=O) groups is 2. The minimum atomic E-state index is -0.438. The molecule has 6 heterocycles. The molecule has 1 aromatic heterocycles. The number of hydrogen-bond acceptors (Lipinski definition) is 9. The summed E-state index contributed by atoms with van der Waals surface area (Å²) < 4.78 is 1.82.